The van der Waals surface area contributed by atoms with Crippen molar-refractivity contribution in [2.45, 2.75) is 112 Å². The minimum Gasteiger partial charge on any atom is -0.264 e. The van der Waals surface area contributed by atoms with Crippen molar-refractivity contribution >= 4 is 5.71 Å². The highest BCUT2D eigenvalue weighted by Gasteiger charge is 2.38. The second-order valence-corrected chi connectivity index (χ2v) is 8.47. The van der Waals surface area contributed by atoms with Crippen LogP contribution in [-0.2, 0) is 0 Å². The van der Waals surface area contributed by atoms with Gasteiger partial charge in [0.15, 0.2) is 0 Å². The number of nitrogens with zero attached hydrogens (tertiary/aromatic N) is 1. The minimum absolute atomic E-state index is 0.186. The zero-order chi connectivity index (χ0) is 18.0. The molecular weight excluding hydrogens is 290 g/mol. The van der Waals surface area contributed by atoms with Gasteiger partial charge in [0.2, 0.25) is 0 Å². The summed E-state index contributed by atoms with van der Waals surface area (Å²) < 4.78 is 0. The average molecular weight is 334 g/mol. The van der Waals surface area contributed by atoms with E-state index in [0.29, 0.717) is 5.92 Å². The Hall–Kier alpha value is -0.590. The molecule has 0 saturated heterocycles. The highest BCUT2D eigenvalue weighted by Crippen LogP contribution is 2.42. The van der Waals surface area contributed by atoms with Crippen molar-refractivity contribution in [3.05, 3.63) is 11.8 Å². The van der Waals surface area contributed by atoms with Gasteiger partial charge >= 0.3 is 0 Å². The van der Waals surface area contributed by atoms with Crippen molar-refractivity contribution in [3.8, 4) is 0 Å². The summed E-state index contributed by atoms with van der Waals surface area (Å²) in [6.45, 7) is 14.2. The number of hydrogen-bond acceptors (Lipinski definition) is 1. The van der Waals surface area contributed by atoms with E-state index in [1.54, 1.807) is 5.57 Å². The van der Waals surface area contributed by atoms with Gasteiger partial charge in [0.1, 0.15) is 0 Å². The molecule has 24 heavy (non-hydrogen) atoms. The Morgan fingerprint density at radius 2 is 1.54 bits per heavy atom. The molecule has 0 aromatic carbocycles. The van der Waals surface area contributed by atoms with Gasteiger partial charge in [0.25, 0.3) is 0 Å². The van der Waals surface area contributed by atoms with Crippen LogP contribution in [0.5, 0.6) is 0 Å². The molecule has 1 heteroatoms. The summed E-state index contributed by atoms with van der Waals surface area (Å²) >= 11 is 0. The summed E-state index contributed by atoms with van der Waals surface area (Å²) in [5.41, 5.74) is 3.26. The molecule has 1 heterocycles. The van der Waals surface area contributed by atoms with Gasteiger partial charge in [-0.05, 0) is 30.8 Å². The zero-order valence-electron chi connectivity index (χ0n) is 17.5. The molecule has 0 aliphatic carbocycles. The van der Waals surface area contributed by atoms with Gasteiger partial charge in [-0.2, -0.15) is 0 Å². The van der Waals surface area contributed by atoms with E-state index in [1.165, 1.54) is 76.3 Å². The van der Waals surface area contributed by atoms with Gasteiger partial charge in [-0.1, -0.05) is 92.9 Å². The Labute approximate surface area is 152 Å². The van der Waals surface area contributed by atoms with Crippen LogP contribution in [0.4, 0.5) is 0 Å². The summed E-state index contributed by atoms with van der Waals surface area (Å²) in [6, 6.07) is 0. The number of rotatable bonds is 13. The number of hydrogen-bond donors (Lipinski definition) is 0. The van der Waals surface area contributed by atoms with Gasteiger partial charge in [-0.15, -0.1) is 0 Å². The van der Waals surface area contributed by atoms with Crippen LogP contribution in [0.1, 0.15) is 112 Å². The average Bonchev–Trinajstić information content (AvgIpc) is 2.83. The molecule has 0 aromatic heterocycles. The van der Waals surface area contributed by atoms with Crippen LogP contribution in [0, 0.1) is 17.3 Å². The van der Waals surface area contributed by atoms with Crippen molar-refractivity contribution in [2.24, 2.45) is 22.2 Å². The molecule has 0 N–H and O–H groups in total. The Morgan fingerprint density at radius 3 is 2.17 bits per heavy atom. The van der Waals surface area contributed by atoms with Gasteiger partial charge in [0, 0.05) is 23.2 Å². The maximum absolute atomic E-state index is 5.01. The summed E-state index contributed by atoms with van der Waals surface area (Å²) in [5, 5.41) is 0. The molecule has 0 spiro atoms. The minimum atomic E-state index is 0.186. The number of aliphatic imine (C=N–C) groups is 1. The first-order valence-corrected chi connectivity index (χ1v) is 10.8. The third-order valence-electron chi connectivity index (χ3n) is 6.00. The molecule has 0 radical (unpaired) electrons. The van der Waals surface area contributed by atoms with Crippen molar-refractivity contribution < 1.29 is 0 Å². The lowest BCUT2D eigenvalue weighted by Crippen LogP contribution is -2.34. The summed E-state index contributed by atoms with van der Waals surface area (Å²) in [4.78, 5) is 5.01. The first kappa shape index (κ1) is 21.5. The van der Waals surface area contributed by atoms with Crippen LogP contribution < -0.4 is 0 Å². The van der Waals surface area contributed by atoms with Crippen molar-refractivity contribution in [1.82, 2.24) is 0 Å². The lowest BCUT2D eigenvalue weighted by atomic mass is 9.70. The van der Waals surface area contributed by atoms with E-state index in [9.17, 15) is 0 Å². The van der Waals surface area contributed by atoms with Crippen LogP contribution >= 0.6 is 0 Å². The van der Waals surface area contributed by atoms with E-state index in [0.717, 1.165) is 5.92 Å². The Balaban J connectivity index is 2.73. The predicted octanol–water partition coefficient (Wildman–Crippen LogP) is 7.95. The highest BCUT2D eigenvalue weighted by molar-refractivity contribution is 5.96. The fraction of sp³-hybridized carbons (Fsp3) is 0.870. The first-order chi connectivity index (χ1) is 11.5. The predicted molar refractivity (Wildman–Crippen MR) is 110 cm³/mol. The fourth-order valence-electron chi connectivity index (χ4n) is 4.27. The largest absolute Gasteiger partial charge is 0.264 e. The van der Waals surface area contributed by atoms with Crippen LogP contribution in [0.15, 0.2) is 16.8 Å². The Kier molecular flexibility index (Phi) is 9.93. The maximum atomic E-state index is 5.01. The molecule has 0 bridgehead atoms. The normalized spacial score (nSPS) is 19.1. The standard InChI is InChI=1S/C23H43N/c1-7-10-12-14-16-20-18-24-22(23(20,5)6)21(17-13-11-8-2)19(4)15-9-3/h18-19,21H,7-17H2,1-6H3. The van der Waals surface area contributed by atoms with Crippen LogP contribution in [-0.4, -0.2) is 5.71 Å². The monoisotopic (exact) mass is 333 g/mol. The second kappa shape index (κ2) is 11.1. The Bertz CT molecular complexity index is 402. The lowest BCUT2D eigenvalue weighted by molar-refractivity contribution is 0.367. The molecule has 0 amide bonds. The van der Waals surface area contributed by atoms with Crippen LogP contribution in [0.3, 0.4) is 0 Å². The molecule has 2 atom stereocenters. The summed E-state index contributed by atoms with van der Waals surface area (Å²) in [5.74, 6) is 1.44. The van der Waals surface area contributed by atoms with E-state index in [-0.39, 0.29) is 5.41 Å². The first-order valence-electron chi connectivity index (χ1n) is 10.8. The van der Waals surface area contributed by atoms with Crippen molar-refractivity contribution in [2.75, 3.05) is 0 Å². The fourth-order valence-corrected chi connectivity index (χ4v) is 4.27. The topological polar surface area (TPSA) is 12.4 Å². The molecule has 1 aliphatic heterocycles. The summed E-state index contributed by atoms with van der Waals surface area (Å²) in [7, 11) is 0. The van der Waals surface area contributed by atoms with E-state index in [4.69, 9.17) is 4.99 Å². The maximum Gasteiger partial charge on any atom is 0.0309 e. The van der Waals surface area contributed by atoms with E-state index in [2.05, 4.69) is 47.7 Å². The molecule has 2 unspecified atom stereocenters. The molecule has 1 nitrogen and oxygen atoms in total. The smallest absolute Gasteiger partial charge is 0.0309 e. The van der Waals surface area contributed by atoms with Crippen molar-refractivity contribution in [1.29, 1.82) is 0 Å². The quantitative estimate of drug-likeness (QED) is 0.303. The molecule has 140 valence electrons. The van der Waals surface area contributed by atoms with Gasteiger partial charge in [-0.25, -0.2) is 0 Å². The van der Waals surface area contributed by atoms with Gasteiger partial charge < -0.3 is 0 Å². The molecule has 1 rings (SSSR count). The zero-order valence-corrected chi connectivity index (χ0v) is 17.5. The Morgan fingerprint density at radius 1 is 0.875 bits per heavy atom. The molecule has 0 aromatic rings. The van der Waals surface area contributed by atoms with Crippen LogP contribution in [0.2, 0.25) is 0 Å². The molecule has 1 aliphatic rings. The number of allylic oxidation sites excluding steroid dienone is 1. The van der Waals surface area contributed by atoms with E-state index in [1.807, 2.05) is 0 Å². The summed E-state index contributed by atoms with van der Waals surface area (Å²) in [6.07, 6.45) is 16.8. The molecular formula is C23H43N. The van der Waals surface area contributed by atoms with E-state index >= 15 is 0 Å². The van der Waals surface area contributed by atoms with Gasteiger partial charge in [-0.3, -0.25) is 4.99 Å². The SMILES string of the molecule is CCCCCCC1=CN=C(C(CCCCC)C(C)CCC)C1(C)C. The highest BCUT2D eigenvalue weighted by atomic mass is 14.8. The third-order valence-corrected chi connectivity index (χ3v) is 6.00. The van der Waals surface area contributed by atoms with Gasteiger partial charge in [0.05, 0.1) is 0 Å². The second-order valence-electron chi connectivity index (χ2n) is 8.47. The van der Waals surface area contributed by atoms with Crippen molar-refractivity contribution in [3.63, 3.8) is 0 Å². The van der Waals surface area contributed by atoms with Crippen LogP contribution in [0.25, 0.3) is 0 Å². The molecule has 0 fully saturated rings. The third kappa shape index (κ3) is 6.05. The molecule has 0 saturated carbocycles. The lowest BCUT2D eigenvalue weighted by Gasteiger charge is -2.34. The van der Waals surface area contributed by atoms with E-state index < -0.39 is 0 Å². The number of unbranched alkanes of at least 4 members (excludes halogenated alkanes) is 5.